The van der Waals surface area contributed by atoms with E-state index in [1.165, 1.54) is 31.6 Å². The van der Waals surface area contributed by atoms with E-state index >= 15 is 0 Å². The number of halogens is 1. The van der Waals surface area contributed by atoms with E-state index in [1.807, 2.05) is 0 Å². The average molecular weight is 247 g/mol. The number of ether oxygens (including phenoxy) is 1. The molecule has 6 heteroatoms. The number of carbonyl (C=O) groups excluding carboxylic acids is 1. The third-order valence-corrected chi connectivity index (χ3v) is 2.34. The number of ketones is 1. The monoisotopic (exact) mass is 247 g/mol. The minimum absolute atomic E-state index is 0.0161. The number of benzene rings is 1. The number of hydrogen-bond donors (Lipinski definition) is 1. The van der Waals surface area contributed by atoms with Gasteiger partial charge in [0.1, 0.15) is 5.82 Å². The molecule has 0 amide bonds. The molecule has 0 saturated heterocycles. The molecule has 0 bridgehead atoms. The molecule has 1 aromatic carbocycles. The first-order valence-electron chi connectivity index (χ1n) is 5.08. The van der Waals surface area contributed by atoms with Crippen molar-refractivity contribution in [1.29, 1.82) is 0 Å². The van der Waals surface area contributed by atoms with Crippen LogP contribution in [0.5, 0.6) is 5.88 Å². The molecule has 0 saturated carbocycles. The van der Waals surface area contributed by atoms with E-state index in [9.17, 15) is 9.18 Å². The Bertz CT molecular complexity index is 602. The van der Waals surface area contributed by atoms with E-state index in [0.717, 1.165) is 6.07 Å². The fourth-order valence-corrected chi connectivity index (χ4v) is 1.44. The second kappa shape index (κ2) is 4.79. The first-order valence-corrected chi connectivity index (χ1v) is 5.08. The molecule has 0 unspecified atom stereocenters. The molecule has 0 fully saturated rings. The summed E-state index contributed by atoms with van der Waals surface area (Å²) >= 11 is 0. The highest BCUT2D eigenvalue weighted by Crippen LogP contribution is 2.18. The summed E-state index contributed by atoms with van der Waals surface area (Å²) in [5.41, 5.74) is 5.50. The van der Waals surface area contributed by atoms with Gasteiger partial charge in [0.2, 0.25) is 11.7 Å². The maximum Gasteiger partial charge on any atom is 0.243 e. The summed E-state index contributed by atoms with van der Waals surface area (Å²) in [6.07, 6.45) is 2.77. The largest absolute Gasteiger partial charge is 0.479 e. The van der Waals surface area contributed by atoms with Crippen molar-refractivity contribution in [3.63, 3.8) is 0 Å². The van der Waals surface area contributed by atoms with Crippen molar-refractivity contribution in [2.75, 3.05) is 12.8 Å². The molecule has 0 aliphatic heterocycles. The van der Waals surface area contributed by atoms with Crippen molar-refractivity contribution in [2.24, 2.45) is 0 Å². The summed E-state index contributed by atoms with van der Waals surface area (Å²) in [4.78, 5) is 19.8. The predicted molar refractivity (Wildman–Crippen MR) is 62.8 cm³/mol. The van der Waals surface area contributed by atoms with E-state index in [-0.39, 0.29) is 22.8 Å². The molecule has 2 N–H and O–H groups in total. The van der Waals surface area contributed by atoms with Crippen LogP contribution in [0.1, 0.15) is 16.1 Å². The van der Waals surface area contributed by atoms with Gasteiger partial charge in [0, 0.05) is 18.0 Å². The second-order valence-electron chi connectivity index (χ2n) is 3.48. The van der Waals surface area contributed by atoms with E-state index in [0.29, 0.717) is 0 Å². The first-order chi connectivity index (χ1) is 8.63. The molecule has 92 valence electrons. The lowest BCUT2D eigenvalue weighted by Gasteiger charge is -2.05. The Labute approximate surface area is 102 Å². The molecular weight excluding hydrogens is 237 g/mol. The Balaban J connectivity index is 2.44. The number of hydrogen-bond acceptors (Lipinski definition) is 5. The summed E-state index contributed by atoms with van der Waals surface area (Å²) in [7, 11) is 1.38. The zero-order valence-corrected chi connectivity index (χ0v) is 9.55. The highest BCUT2D eigenvalue weighted by atomic mass is 19.1. The van der Waals surface area contributed by atoms with Gasteiger partial charge in [0.05, 0.1) is 12.8 Å². The lowest BCUT2D eigenvalue weighted by Crippen LogP contribution is -2.08. The van der Waals surface area contributed by atoms with Crippen molar-refractivity contribution < 1.29 is 13.9 Å². The number of methoxy groups -OCH3 is 1. The van der Waals surface area contributed by atoms with Crippen molar-refractivity contribution in [2.45, 2.75) is 0 Å². The molecule has 1 aromatic heterocycles. The van der Waals surface area contributed by atoms with Crippen molar-refractivity contribution in [3.8, 4) is 5.88 Å². The van der Waals surface area contributed by atoms with Gasteiger partial charge < -0.3 is 10.5 Å². The van der Waals surface area contributed by atoms with Crippen LogP contribution in [0.4, 0.5) is 10.1 Å². The van der Waals surface area contributed by atoms with Gasteiger partial charge in [-0.25, -0.2) is 14.4 Å². The summed E-state index contributed by atoms with van der Waals surface area (Å²) in [6.45, 7) is 0. The zero-order valence-electron chi connectivity index (χ0n) is 9.55. The van der Waals surface area contributed by atoms with Crippen LogP contribution in [-0.2, 0) is 0 Å². The molecule has 0 radical (unpaired) electrons. The van der Waals surface area contributed by atoms with E-state index in [2.05, 4.69) is 9.97 Å². The first kappa shape index (κ1) is 12.0. The molecule has 0 aliphatic carbocycles. The van der Waals surface area contributed by atoms with Crippen LogP contribution in [0.15, 0.2) is 30.6 Å². The van der Waals surface area contributed by atoms with Gasteiger partial charge in [-0.1, -0.05) is 0 Å². The van der Waals surface area contributed by atoms with Gasteiger partial charge in [-0.05, 0) is 18.2 Å². The van der Waals surface area contributed by atoms with E-state index in [4.69, 9.17) is 10.5 Å². The van der Waals surface area contributed by atoms with Gasteiger partial charge in [0.25, 0.3) is 0 Å². The average Bonchev–Trinajstić information content (AvgIpc) is 2.41. The van der Waals surface area contributed by atoms with Gasteiger partial charge in [-0.3, -0.25) is 4.79 Å². The van der Waals surface area contributed by atoms with Gasteiger partial charge >= 0.3 is 0 Å². The normalized spacial score (nSPS) is 10.1. The fourth-order valence-electron chi connectivity index (χ4n) is 1.44. The lowest BCUT2D eigenvalue weighted by molar-refractivity contribution is 0.103. The molecule has 0 spiro atoms. The maximum atomic E-state index is 13.3. The van der Waals surface area contributed by atoms with Crippen molar-refractivity contribution >= 4 is 11.5 Å². The molecule has 2 aromatic rings. The van der Waals surface area contributed by atoms with Gasteiger partial charge in [-0.2, -0.15) is 0 Å². The van der Waals surface area contributed by atoms with Crippen molar-refractivity contribution in [3.05, 3.63) is 47.7 Å². The quantitative estimate of drug-likeness (QED) is 0.655. The van der Waals surface area contributed by atoms with E-state index < -0.39 is 11.6 Å². The number of aromatic nitrogens is 2. The number of nitrogens with zero attached hydrogens (tertiary/aromatic N) is 2. The summed E-state index contributed by atoms with van der Waals surface area (Å²) in [5, 5.41) is 0. The molecule has 5 nitrogen and oxygen atoms in total. The molecule has 2 rings (SSSR count). The van der Waals surface area contributed by atoms with Crippen LogP contribution >= 0.6 is 0 Å². The van der Waals surface area contributed by atoms with Crippen LogP contribution in [0.3, 0.4) is 0 Å². The Morgan fingerprint density at radius 2 is 2.06 bits per heavy atom. The van der Waals surface area contributed by atoms with Crippen LogP contribution in [0.2, 0.25) is 0 Å². The third kappa shape index (κ3) is 2.13. The highest BCUT2D eigenvalue weighted by Gasteiger charge is 2.17. The molecule has 0 atom stereocenters. The highest BCUT2D eigenvalue weighted by molar-refractivity contribution is 6.09. The van der Waals surface area contributed by atoms with Crippen LogP contribution in [0.25, 0.3) is 0 Å². The minimum Gasteiger partial charge on any atom is -0.479 e. The molecule has 1 heterocycles. The van der Waals surface area contributed by atoms with Crippen LogP contribution in [0, 0.1) is 5.82 Å². The Hall–Kier alpha value is -2.50. The Morgan fingerprint density at radius 3 is 2.72 bits per heavy atom. The minimum atomic E-state index is -0.649. The SMILES string of the molecule is COc1nccnc1C(=O)c1ccc(N)c(F)c1. The number of rotatable bonds is 3. The van der Waals surface area contributed by atoms with Crippen LogP contribution < -0.4 is 10.5 Å². The number of carbonyl (C=O) groups is 1. The molecule has 0 aliphatic rings. The zero-order chi connectivity index (χ0) is 13.1. The number of anilines is 1. The van der Waals surface area contributed by atoms with Gasteiger partial charge in [0.15, 0.2) is 5.69 Å². The molecule has 18 heavy (non-hydrogen) atoms. The Kier molecular flexibility index (Phi) is 3.18. The maximum absolute atomic E-state index is 13.3. The summed E-state index contributed by atoms with van der Waals surface area (Å²) in [6, 6.07) is 3.81. The predicted octanol–water partition coefficient (Wildman–Crippen LogP) is 1.44. The smallest absolute Gasteiger partial charge is 0.243 e. The standard InChI is InChI=1S/C12H10FN3O2/c1-18-12-10(15-4-5-16-12)11(17)7-2-3-9(14)8(13)6-7/h2-6H,14H2,1H3. The van der Waals surface area contributed by atoms with E-state index in [1.54, 1.807) is 0 Å². The number of nitrogen functional groups attached to an aromatic ring is 1. The van der Waals surface area contributed by atoms with Gasteiger partial charge in [-0.15, -0.1) is 0 Å². The number of nitrogens with two attached hydrogens (primary N) is 1. The van der Waals surface area contributed by atoms with Crippen LogP contribution in [-0.4, -0.2) is 22.9 Å². The summed E-state index contributed by atoms with van der Waals surface area (Å²) < 4.78 is 18.2. The summed E-state index contributed by atoms with van der Waals surface area (Å²) in [5.74, 6) is -1.03. The van der Waals surface area contributed by atoms with Crippen molar-refractivity contribution in [1.82, 2.24) is 9.97 Å². The third-order valence-electron chi connectivity index (χ3n) is 2.34. The Morgan fingerprint density at radius 1 is 1.33 bits per heavy atom. The second-order valence-corrected chi connectivity index (χ2v) is 3.48. The molecular formula is C12H10FN3O2. The lowest BCUT2D eigenvalue weighted by atomic mass is 10.1. The fraction of sp³-hybridized carbons (Fsp3) is 0.0833. The topological polar surface area (TPSA) is 78.1 Å².